The first kappa shape index (κ1) is 22.4. The molecular formula is C24H25N5OS3. The van der Waals surface area contributed by atoms with Crippen LogP contribution in [0.25, 0.3) is 21.1 Å². The van der Waals surface area contributed by atoms with Crippen molar-refractivity contribution in [2.45, 2.75) is 13.0 Å². The first-order chi connectivity index (χ1) is 16.1. The maximum Gasteiger partial charge on any atom is 0.232 e. The van der Waals surface area contributed by atoms with E-state index >= 15 is 0 Å². The average molecular weight is 496 g/mol. The van der Waals surface area contributed by atoms with E-state index in [2.05, 4.69) is 51.4 Å². The Bertz CT molecular complexity index is 1210. The van der Waals surface area contributed by atoms with Gasteiger partial charge in [0.05, 0.1) is 22.7 Å². The number of likely N-dealkylation sites (N-methyl/N-ethyl adjacent to an activating group) is 1. The van der Waals surface area contributed by atoms with E-state index in [1.165, 1.54) is 16.9 Å². The van der Waals surface area contributed by atoms with Gasteiger partial charge in [0.15, 0.2) is 5.13 Å². The zero-order valence-corrected chi connectivity index (χ0v) is 20.8. The monoisotopic (exact) mass is 495 g/mol. The fourth-order valence-corrected chi connectivity index (χ4v) is 6.09. The molecule has 4 aromatic rings. The maximum absolute atomic E-state index is 12.5. The molecule has 0 radical (unpaired) electrons. The second-order valence-electron chi connectivity index (χ2n) is 8.16. The zero-order valence-electron chi connectivity index (χ0n) is 18.4. The summed E-state index contributed by atoms with van der Waals surface area (Å²) >= 11 is 4.67. The van der Waals surface area contributed by atoms with Gasteiger partial charge in [-0.3, -0.25) is 9.69 Å². The quantitative estimate of drug-likeness (QED) is 0.394. The fourth-order valence-electron chi connectivity index (χ4n) is 3.78. The van der Waals surface area contributed by atoms with Gasteiger partial charge in [0, 0.05) is 49.0 Å². The van der Waals surface area contributed by atoms with Crippen LogP contribution in [-0.2, 0) is 17.8 Å². The molecule has 0 spiro atoms. The SMILES string of the molecule is CN1CCN(Cc2cccc(-c3nc(CC(=O)Nc4nc(-c5cccs5)cs4)cs3)c2)CC1. The third-order valence-corrected chi connectivity index (χ3v) is 8.18. The Hall–Kier alpha value is -2.43. The molecule has 33 heavy (non-hydrogen) atoms. The summed E-state index contributed by atoms with van der Waals surface area (Å²) in [6.45, 7) is 5.40. The number of rotatable bonds is 7. The first-order valence-electron chi connectivity index (χ1n) is 10.9. The fraction of sp³-hybridized carbons (Fsp3) is 0.292. The topological polar surface area (TPSA) is 61.4 Å². The zero-order chi connectivity index (χ0) is 22.6. The minimum Gasteiger partial charge on any atom is -0.304 e. The number of thiophene rings is 1. The van der Waals surface area contributed by atoms with Crippen LogP contribution in [0.15, 0.2) is 52.5 Å². The number of benzene rings is 1. The molecule has 0 bridgehead atoms. The second-order valence-corrected chi connectivity index (χ2v) is 10.8. The van der Waals surface area contributed by atoms with Crippen molar-refractivity contribution in [2.75, 3.05) is 38.5 Å². The molecule has 1 aliphatic rings. The Labute approximate surface area is 205 Å². The van der Waals surface area contributed by atoms with E-state index in [4.69, 9.17) is 4.98 Å². The summed E-state index contributed by atoms with van der Waals surface area (Å²) in [5.74, 6) is -0.0947. The van der Waals surface area contributed by atoms with Crippen LogP contribution in [0.4, 0.5) is 5.13 Å². The predicted octanol–water partition coefficient (Wildman–Crippen LogP) is 4.92. The van der Waals surface area contributed by atoms with Gasteiger partial charge >= 0.3 is 0 Å². The Morgan fingerprint density at radius 2 is 1.91 bits per heavy atom. The van der Waals surface area contributed by atoms with Crippen molar-refractivity contribution in [3.63, 3.8) is 0 Å². The van der Waals surface area contributed by atoms with E-state index in [1.54, 1.807) is 22.7 Å². The van der Waals surface area contributed by atoms with Gasteiger partial charge in [0.25, 0.3) is 0 Å². The molecule has 1 aromatic carbocycles. The van der Waals surface area contributed by atoms with Crippen molar-refractivity contribution < 1.29 is 4.79 Å². The van der Waals surface area contributed by atoms with Gasteiger partial charge in [0.1, 0.15) is 5.01 Å². The molecule has 1 saturated heterocycles. The van der Waals surface area contributed by atoms with Crippen molar-refractivity contribution in [2.24, 2.45) is 0 Å². The van der Waals surface area contributed by atoms with Crippen molar-refractivity contribution >= 4 is 45.0 Å². The lowest BCUT2D eigenvalue weighted by Gasteiger charge is -2.32. The lowest BCUT2D eigenvalue weighted by atomic mass is 10.1. The van der Waals surface area contributed by atoms with Crippen LogP contribution in [0.5, 0.6) is 0 Å². The lowest BCUT2D eigenvalue weighted by Crippen LogP contribution is -2.43. The summed E-state index contributed by atoms with van der Waals surface area (Å²) in [6, 6.07) is 12.6. The molecule has 1 amide bonds. The first-order valence-corrected chi connectivity index (χ1v) is 13.5. The number of hydrogen-bond donors (Lipinski definition) is 1. The third-order valence-electron chi connectivity index (χ3n) is 5.59. The average Bonchev–Trinajstić information content (AvgIpc) is 3.57. The van der Waals surface area contributed by atoms with E-state index < -0.39 is 0 Å². The van der Waals surface area contributed by atoms with Crippen LogP contribution in [0.1, 0.15) is 11.3 Å². The summed E-state index contributed by atoms with van der Waals surface area (Å²) in [6.07, 6.45) is 0.241. The number of aromatic nitrogens is 2. The van der Waals surface area contributed by atoms with Crippen LogP contribution in [-0.4, -0.2) is 58.9 Å². The molecule has 1 fully saturated rings. The van der Waals surface area contributed by atoms with Gasteiger partial charge in [-0.1, -0.05) is 24.3 Å². The molecule has 3 aromatic heterocycles. The summed E-state index contributed by atoms with van der Waals surface area (Å²) < 4.78 is 0. The van der Waals surface area contributed by atoms with Crippen LogP contribution in [0.2, 0.25) is 0 Å². The molecule has 9 heteroatoms. The van der Waals surface area contributed by atoms with Gasteiger partial charge in [-0.25, -0.2) is 9.97 Å². The smallest absolute Gasteiger partial charge is 0.232 e. The van der Waals surface area contributed by atoms with Crippen LogP contribution >= 0.6 is 34.0 Å². The van der Waals surface area contributed by atoms with Crippen LogP contribution < -0.4 is 5.32 Å². The maximum atomic E-state index is 12.5. The van der Waals surface area contributed by atoms with Gasteiger partial charge in [0.2, 0.25) is 5.91 Å². The molecule has 170 valence electrons. The molecule has 4 heterocycles. The highest BCUT2D eigenvalue weighted by Crippen LogP contribution is 2.29. The van der Waals surface area contributed by atoms with Gasteiger partial charge in [-0.05, 0) is 30.1 Å². The Morgan fingerprint density at radius 1 is 1.03 bits per heavy atom. The number of hydrogen-bond acceptors (Lipinski definition) is 8. The lowest BCUT2D eigenvalue weighted by molar-refractivity contribution is -0.115. The Balaban J connectivity index is 1.19. The molecule has 6 nitrogen and oxygen atoms in total. The molecular weight excluding hydrogens is 470 g/mol. The number of nitrogens with zero attached hydrogens (tertiary/aromatic N) is 4. The molecule has 0 saturated carbocycles. The third kappa shape index (κ3) is 5.74. The Morgan fingerprint density at radius 3 is 2.73 bits per heavy atom. The van der Waals surface area contributed by atoms with Crippen molar-refractivity contribution in [3.8, 4) is 21.1 Å². The highest BCUT2D eigenvalue weighted by Gasteiger charge is 2.15. The van der Waals surface area contributed by atoms with E-state index in [1.807, 2.05) is 28.3 Å². The van der Waals surface area contributed by atoms with E-state index in [0.29, 0.717) is 5.13 Å². The molecule has 5 rings (SSSR count). The second kappa shape index (κ2) is 10.2. The standard InChI is InChI=1S/C24H25N5OS3/c1-28-7-9-29(10-8-28)14-17-4-2-5-18(12-17)23-25-19(15-32-23)13-22(30)27-24-26-20(16-33-24)21-6-3-11-31-21/h2-6,11-12,15-16H,7-10,13-14H2,1H3,(H,26,27,30). The number of thiazole rings is 2. The molecule has 0 atom stereocenters. The molecule has 0 unspecified atom stereocenters. The van der Waals surface area contributed by atoms with E-state index in [0.717, 1.165) is 59.6 Å². The number of carbonyl (C=O) groups excluding carboxylic acids is 1. The van der Waals surface area contributed by atoms with Crippen molar-refractivity contribution in [3.05, 3.63) is 63.8 Å². The minimum atomic E-state index is -0.0947. The van der Waals surface area contributed by atoms with Crippen molar-refractivity contribution in [1.29, 1.82) is 0 Å². The van der Waals surface area contributed by atoms with E-state index in [9.17, 15) is 4.79 Å². The largest absolute Gasteiger partial charge is 0.304 e. The number of anilines is 1. The van der Waals surface area contributed by atoms with Crippen LogP contribution in [0.3, 0.4) is 0 Å². The summed E-state index contributed by atoms with van der Waals surface area (Å²) in [5, 5.41) is 10.4. The Kier molecular flexibility index (Phi) is 6.93. The number of carbonyl (C=O) groups is 1. The molecule has 1 N–H and O–H groups in total. The number of nitrogens with one attached hydrogen (secondary N) is 1. The van der Waals surface area contributed by atoms with Gasteiger partial charge < -0.3 is 10.2 Å². The highest BCUT2D eigenvalue weighted by atomic mass is 32.1. The van der Waals surface area contributed by atoms with E-state index in [-0.39, 0.29) is 12.3 Å². The predicted molar refractivity (Wildman–Crippen MR) is 138 cm³/mol. The molecule has 0 aliphatic carbocycles. The van der Waals surface area contributed by atoms with Gasteiger partial charge in [-0.2, -0.15) is 0 Å². The summed E-state index contributed by atoms with van der Waals surface area (Å²) in [7, 11) is 2.18. The summed E-state index contributed by atoms with van der Waals surface area (Å²) in [5.41, 5.74) is 4.10. The summed E-state index contributed by atoms with van der Waals surface area (Å²) in [4.78, 5) is 27.8. The number of piperazine rings is 1. The normalized spacial score (nSPS) is 15.1. The van der Waals surface area contributed by atoms with Gasteiger partial charge in [-0.15, -0.1) is 34.0 Å². The van der Waals surface area contributed by atoms with Crippen molar-refractivity contribution in [1.82, 2.24) is 19.8 Å². The van der Waals surface area contributed by atoms with Crippen LogP contribution in [0, 0.1) is 0 Å². The minimum absolute atomic E-state index is 0.0947. The number of amides is 1. The molecule has 1 aliphatic heterocycles. The highest BCUT2D eigenvalue weighted by molar-refractivity contribution is 7.16.